The molecule has 1 N–H and O–H groups in total. The molecule has 0 aliphatic carbocycles. The third kappa shape index (κ3) is 5.12. The van der Waals surface area contributed by atoms with Crippen molar-refractivity contribution in [2.45, 2.75) is 27.2 Å². The Morgan fingerprint density at radius 2 is 1.83 bits per heavy atom. The topological polar surface area (TPSA) is 96.5 Å². The van der Waals surface area contributed by atoms with E-state index in [1.807, 2.05) is 50.2 Å². The first-order valence-corrected chi connectivity index (χ1v) is 11.2. The summed E-state index contributed by atoms with van der Waals surface area (Å²) in [6.07, 6.45) is 3.70. The predicted molar refractivity (Wildman–Crippen MR) is 135 cm³/mol. The molecule has 0 aliphatic heterocycles. The minimum Gasteiger partial charge on any atom is -0.438 e. The standard InChI is InChI=1S/C28H24N4O3/c1-4-20-9-13-23(14-10-20)35-27-24(28(34)32-15-5-6-19(3)25(32)31-27)16-21(17-29)26(33)30-22-11-7-18(2)8-12-22/h5-16H,4H2,1-3H3,(H,30,33)/b21-16+. The van der Waals surface area contributed by atoms with Crippen LogP contribution in [0.5, 0.6) is 11.6 Å². The Morgan fingerprint density at radius 3 is 2.49 bits per heavy atom. The summed E-state index contributed by atoms with van der Waals surface area (Å²) in [5, 5.41) is 12.4. The van der Waals surface area contributed by atoms with Crippen LogP contribution in [0.25, 0.3) is 11.7 Å². The molecule has 0 spiro atoms. The molecular weight excluding hydrogens is 440 g/mol. The highest BCUT2D eigenvalue weighted by atomic mass is 16.5. The first-order chi connectivity index (χ1) is 16.9. The molecule has 0 atom stereocenters. The van der Waals surface area contributed by atoms with Gasteiger partial charge in [0.05, 0.1) is 0 Å². The summed E-state index contributed by atoms with van der Waals surface area (Å²) < 4.78 is 7.38. The van der Waals surface area contributed by atoms with Crippen LogP contribution in [0.15, 0.2) is 77.2 Å². The lowest BCUT2D eigenvalue weighted by Gasteiger charge is -2.12. The maximum atomic E-state index is 13.4. The van der Waals surface area contributed by atoms with E-state index < -0.39 is 11.5 Å². The van der Waals surface area contributed by atoms with Crippen molar-refractivity contribution >= 4 is 23.3 Å². The van der Waals surface area contributed by atoms with Gasteiger partial charge in [-0.15, -0.1) is 0 Å². The Labute approximate surface area is 203 Å². The van der Waals surface area contributed by atoms with Gasteiger partial charge in [-0.25, -0.2) is 0 Å². The van der Waals surface area contributed by atoms with Crippen molar-refractivity contribution in [3.8, 4) is 17.7 Å². The summed E-state index contributed by atoms with van der Waals surface area (Å²) in [5.74, 6) is -0.128. The number of anilines is 1. The second-order valence-corrected chi connectivity index (χ2v) is 8.11. The molecule has 0 fully saturated rings. The van der Waals surface area contributed by atoms with Gasteiger partial charge in [0, 0.05) is 11.9 Å². The molecule has 2 aromatic carbocycles. The zero-order chi connectivity index (χ0) is 24.9. The van der Waals surface area contributed by atoms with Gasteiger partial charge in [-0.1, -0.05) is 42.8 Å². The van der Waals surface area contributed by atoms with Gasteiger partial charge >= 0.3 is 0 Å². The minimum atomic E-state index is -0.636. The van der Waals surface area contributed by atoms with Crippen molar-refractivity contribution in [2.75, 3.05) is 5.32 Å². The number of aromatic nitrogens is 2. The van der Waals surface area contributed by atoms with Crippen molar-refractivity contribution in [3.05, 3.63) is 105 Å². The summed E-state index contributed by atoms with van der Waals surface area (Å²) in [6, 6.07) is 20.1. The van der Waals surface area contributed by atoms with Crippen molar-refractivity contribution < 1.29 is 9.53 Å². The number of carbonyl (C=O) groups is 1. The average Bonchev–Trinajstić information content (AvgIpc) is 2.86. The number of nitrogens with zero attached hydrogens (tertiary/aromatic N) is 3. The summed E-state index contributed by atoms with van der Waals surface area (Å²) in [5.41, 5.74) is 3.23. The molecule has 174 valence electrons. The number of ether oxygens (including phenoxy) is 1. The number of nitriles is 1. The normalized spacial score (nSPS) is 11.2. The molecule has 35 heavy (non-hydrogen) atoms. The van der Waals surface area contributed by atoms with Crippen molar-refractivity contribution in [1.82, 2.24) is 9.38 Å². The molecule has 1 amide bonds. The quantitative estimate of drug-likeness (QED) is 0.312. The van der Waals surface area contributed by atoms with E-state index in [1.165, 1.54) is 10.5 Å². The number of benzene rings is 2. The summed E-state index contributed by atoms with van der Waals surface area (Å²) >= 11 is 0. The minimum absolute atomic E-state index is 0.00303. The predicted octanol–water partition coefficient (Wildman–Crippen LogP) is 5.21. The molecule has 0 bridgehead atoms. The van der Waals surface area contributed by atoms with Crippen LogP contribution in [0.1, 0.15) is 29.2 Å². The van der Waals surface area contributed by atoms with Gasteiger partial charge in [0.2, 0.25) is 5.88 Å². The zero-order valence-electron chi connectivity index (χ0n) is 19.7. The lowest BCUT2D eigenvalue weighted by atomic mass is 10.1. The van der Waals surface area contributed by atoms with Crippen LogP contribution >= 0.6 is 0 Å². The molecule has 0 aliphatic rings. The number of amides is 1. The third-order valence-corrected chi connectivity index (χ3v) is 5.56. The van der Waals surface area contributed by atoms with Gasteiger partial charge in [0.25, 0.3) is 11.5 Å². The van der Waals surface area contributed by atoms with Gasteiger partial charge in [-0.2, -0.15) is 10.2 Å². The van der Waals surface area contributed by atoms with Crippen LogP contribution in [-0.2, 0) is 11.2 Å². The number of nitrogens with one attached hydrogen (secondary N) is 1. The maximum absolute atomic E-state index is 13.4. The van der Waals surface area contributed by atoms with Crippen molar-refractivity contribution in [2.24, 2.45) is 0 Å². The van der Waals surface area contributed by atoms with Crippen molar-refractivity contribution in [3.63, 3.8) is 0 Å². The number of pyridine rings is 1. The van der Waals surface area contributed by atoms with Crippen molar-refractivity contribution in [1.29, 1.82) is 5.26 Å². The fraction of sp³-hybridized carbons (Fsp3) is 0.143. The molecule has 7 nitrogen and oxygen atoms in total. The smallest absolute Gasteiger partial charge is 0.269 e. The summed E-state index contributed by atoms with van der Waals surface area (Å²) in [7, 11) is 0. The van der Waals surface area contributed by atoms with E-state index in [-0.39, 0.29) is 17.0 Å². The van der Waals surface area contributed by atoms with Crippen LogP contribution in [0.4, 0.5) is 5.69 Å². The Balaban J connectivity index is 1.80. The molecule has 4 aromatic rings. The Kier molecular flexibility index (Phi) is 6.74. The van der Waals surface area contributed by atoms with Gasteiger partial charge in [0.1, 0.15) is 28.6 Å². The summed E-state index contributed by atoms with van der Waals surface area (Å²) in [6.45, 7) is 5.83. The van der Waals surface area contributed by atoms with E-state index >= 15 is 0 Å². The molecule has 0 saturated heterocycles. The Morgan fingerprint density at radius 1 is 1.11 bits per heavy atom. The second-order valence-electron chi connectivity index (χ2n) is 8.11. The first-order valence-electron chi connectivity index (χ1n) is 11.2. The fourth-order valence-electron chi connectivity index (χ4n) is 3.53. The number of hydrogen-bond donors (Lipinski definition) is 1. The van der Waals surface area contributed by atoms with Gasteiger partial charge in [0.15, 0.2) is 0 Å². The van der Waals surface area contributed by atoms with Crippen LogP contribution in [0.3, 0.4) is 0 Å². The Bertz CT molecular complexity index is 1530. The van der Waals surface area contributed by atoms with Gasteiger partial charge in [-0.05, 0) is 67.8 Å². The molecule has 0 unspecified atom stereocenters. The lowest BCUT2D eigenvalue weighted by molar-refractivity contribution is -0.112. The number of hydrogen-bond acceptors (Lipinski definition) is 5. The number of aryl methyl sites for hydroxylation is 3. The first kappa shape index (κ1) is 23.5. The van der Waals surface area contributed by atoms with Crippen LogP contribution in [0.2, 0.25) is 0 Å². The number of carbonyl (C=O) groups excluding carboxylic acids is 1. The molecule has 0 radical (unpaired) electrons. The van der Waals surface area contributed by atoms with Crippen LogP contribution in [-0.4, -0.2) is 15.3 Å². The van der Waals surface area contributed by atoms with E-state index in [1.54, 1.807) is 36.5 Å². The second kappa shape index (κ2) is 10.1. The van der Waals surface area contributed by atoms with Crippen LogP contribution < -0.4 is 15.6 Å². The highest BCUT2D eigenvalue weighted by Crippen LogP contribution is 2.25. The van der Waals surface area contributed by atoms with E-state index in [4.69, 9.17) is 4.74 Å². The highest BCUT2D eigenvalue weighted by molar-refractivity contribution is 6.09. The molecule has 7 heteroatoms. The van der Waals surface area contributed by atoms with E-state index in [0.717, 1.165) is 23.1 Å². The fourth-order valence-corrected chi connectivity index (χ4v) is 3.53. The van der Waals surface area contributed by atoms with E-state index in [9.17, 15) is 14.9 Å². The molecule has 4 rings (SSSR count). The lowest BCUT2D eigenvalue weighted by Crippen LogP contribution is -2.20. The van der Waals surface area contributed by atoms with Gasteiger partial charge in [-0.3, -0.25) is 14.0 Å². The number of rotatable bonds is 6. The largest absolute Gasteiger partial charge is 0.438 e. The monoisotopic (exact) mass is 464 g/mol. The average molecular weight is 465 g/mol. The maximum Gasteiger partial charge on any atom is 0.269 e. The molecule has 2 heterocycles. The Hall–Kier alpha value is -4.70. The number of fused-ring (bicyclic) bond motifs is 1. The van der Waals surface area contributed by atoms with Crippen LogP contribution in [0, 0.1) is 25.2 Å². The molecular formula is C28H24N4O3. The van der Waals surface area contributed by atoms with E-state index in [0.29, 0.717) is 17.1 Å². The summed E-state index contributed by atoms with van der Waals surface area (Å²) in [4.78, 5) is 30.8. The van der Waals surface area contributed by atoms with E-state index in [2.05, 4.69) is 17.2 Å². The zero-order valence-corrected chi connectivity index (χ0v) is 19.7. The molecule has 0 saturated carbocycles. The SMILES string of the molecule is CCc1ccc(Oc2nc3c(C)cccn3c(=O)c2/C=C(\C#N)C(=O)Nc2ccc(C)cc2)cc1. The highest BCUT2D eigenvalue weighted by Gasteiger charge is 2.18. The molecule has 2 aromatic heterocycles. The third-order valence-electron chi connectivity index (χ3n) is 5.56. The van der Waals surface area contributed by atoms with Gasteiger partial charge < -0.3 is 10.1 Å².